The van der Waals surface area contributed by atoms with Gasteiger partial charge in [0.1, 0.15) is 0 Å². The van der Waals surface area contributed by atoms with E-state index in [-0.39, 0.29) is 10.8 Å². The minimum Gasteiger partial charge on any atom is -0.337 e. The number of imidazole rings is 1. The molecule has 11 heteroatoms. The molecule has 0 fully saturated rings. The van der Waals surface area contributed by atoms with Crippen LogP contribution < -0.4 is 10.4 Å². The number of hydrogen-bond donors (Lipinski definition) is 3. The topological polar surface area (TPSA) is 115 Å². The number of H-pyrrole nitrogens is 2. The first-order chi connectivity index (χ1) is 14.7. The zero-order chi connectivity index (χ0) is 22.2. The third kappa shape index (κ3) is 4.66. The van der Waals surface area contributed by atoms with Gasteiger partial charge in [-0.15, -0.1) is 11.3 Å². The van der Waals surface area contributed by atoms with Crippen molar-refractivity contribution in [1.82, 2.24) is 14.9 Å². The van der Waals surface area contributed by atoms with Crippen molar-refractivity contribution < 1.29 is 13.2 Å². The Morgan fingerprint density at radius 1 is 1.06 bits per heavy atom. The zero-order valence-corrected chi connectivity index (χ0v) is 18.6. The summed E-state index contributed by atoms with van der Waals surface area (Å²) in [5, 5.41) is 0. The second-order valence-corrected chi connectivity index (χ2v) is 10.3. The van der Waals surface area contributed by atoms with Gasteiger partial charge < -0.3 is 14.9 Å². The smallest absolute Gasteiger partial charge is 0.323 e. The first-order valence-corrected chi connectivity index (χ1v) is 11.7. The van der Waals surface area contributed by atoms with Gasteiger partial charge in [-0.1, -0.05) is 11.6 Å². The maximum absolute atomic E-state index is 12.7. The Kier molecular flexibility index (Phi) is 5.61. The fraction of sp³-hybridized carbons (Fsp3) is 0.100. The monoisotopic (exact) mass is 476 g/mol. The fourth-order valence-corrected chi connectivity index (χ4v) is 5.26. The largest absolute Gasteiger partial charge is 0.337 e. The average Bonchev–Trinajstić information content (AvgIpc) is 3.31. The summed E-state index contributed by atoms with van der Waals surface area (Å²) in [5.41, 5.74) is 1.24. The molecule has 0 aliphatic heterocycles. The summed E-state index contributed by atoms with van der Waals surface area (Å²) in [6.07, 6.45) is 0. The minimum atomic E-state index is -3.88. The van der Waals surface area contributed by atoms with Gasteiger partial charge in [-0.3, -0.25) is 9.52 Å². The Balaban J connectivity index is 1.47. The highest BCUT2D eigenvalue weighted by Gasteiger charge is 2.17. The highest BCUT2D eigenvalue weighted by molar-refractivity contribution is 7.92. The lowest BCUT2D eigenvalue weighted by Gasteiger charge is -2.16. The molecule has 0 bridgehead atoms. The molecule has 4 aromatic rings. The van der Waals surface area contributed by atoms with Crippen molar-refractivity contribution in [3.8, 4) is 0 Å². The maximum atomic E-state index is 12.7. The summed E-state index contributed by atoms with van der Waals surface area (Å²) in [6, 6.07) is 14.1. The van der Waals surface area contributed by atoms with E-state index in [1.165, 1.54) is 41.7 Å². The van der Waals surface area contributed by atoms with Crippen LogP contribution in [-0.2, 0) is 16.6 Å². The molecule has 0 aliphatic rings. The normalized spacial score (nSPS) is 11.5. The van der Waals surface area contributed by atoms with Gasteiger partial charge in [0.05, 0.1) is 26.8 Å². The quantitative estimate of drug-likeness (QED) is 0.394. The molecular formula is C20H17ClN4O4S2. The number of anilines is 1. The molecule has 0 saturated heterocycles. The number of aromatic amines is 2. The molecule has 3 N–H and O–H groups in total. The zero-order valence-electron chi connectivity index (χ0n) is 16.2. The predicted molar refractivity (Wildman–Crippen MR) is 121 cm³/mol. The third-order valence-electron chi connectivity index (χ3n) is 4.55. The van der Waals surface area contributed by atoms with E-state index >= 15 is 0 Å². The number of nitrogens with one attached hydrogen (secondary N) is 3. The molecule has 0 aliphatic carbocycles. The number of fused-ring (bicyclic) bond motifs is 1. The Morgan fingerprint density at radius 2 is 1.77 bits per heavy atom. The molecule has 0 atom stereocenters. The predicted octanol–water partition coefficient (Wildman–Crippen LogP) is 3.64. The van der Waals surface area contributed by atoms with Crippen LogP contribution in [0.15, 0.2) is 64.3 Å². The summed E-state index contributed by atoms with van der Waals surface area (Å²) < 4.78 is 28.5. The summed E-state index contributed by atoms with van der Waals surface area (Å²) in [6.45, 7) is 0.425. The Labute approximate surface area is 186 Å². The Bertz CT molecular complexity index is 1420. The van der Waals surface area contributed by atoms with Crippen molar-refractivity contribution in [2.75, 3.05) is 11.8 Å². The second kappa shape index (κ2) is 8.22. The van der Waals surface area contributed by atoms with Crippen molar-refractivity contribution in [3.05, 3.63) is 79.9 Å². The Hall–Kier alpha value is -3.08. The fourth-order valence-electron chi connectivity index (χ4n) is 3.04. The van der Waals surface area contributed by atoms with Crippen LogP contribution in [0.5, 0.6) is 0 Å². The van der Waals surface area contributed by atoms with Crippen LogP contribution in [0.3, 0.4) is 0 Å². The van der Waals surface area contributed by atoms with E-state index in [2.05, 4.69) is 14.7 Å². The number of rotatable bonds is 6. The third-order valence-corrected chi connectivity index (χ3v) is 7.15. The van der Waals surface area contributed by atoms with Gasteiger partial charge in [0, 0.05) is 23.2 Å². The summed E-state index contributed by atoms with van der Waals surface area (Å²) in [4.78, 5) is 31.6. The van der Waals surface area contributed by atoms with Crippen LogP contribution in [0.4, 0.5) is 5.69 Å². The van der Waals surface area contributed by atoms with Crippen LogP contribution >= 0.6 is 22.9 Å². The highest BCUT2D eigenvalue weighted by atomic mass is 35.5. The van der Waals surface area contributed by atoms with Crippen molar-refractivity contribution in [2.45, 2.75) is 11.4 Å². The van der Waals surface area contributed by atoms with E-state index in [4.69, 9.17) is 11.6 Å². The minimum absolute atomic E-state index is 0.00439. The number of hydrogen-bond acceptors (Lipinski definition) is 5. The number of benzene rings is 2. The van der Waals surface area contributed by atoms with Gasteiger partial charge in [0.25, 0.3) is 15.9 Å². The van der Waals surface area contributed by atoms with E-state index in [1.807, 2.05) is 6.07 Å². The van der Waals surface area contributed by atoms with Crippen molar-refractivity contribution in [3.63, 3.8) is 0 Å². The molecule has 1 amide bonds. The van der Waals surface area contributed by atoms with Crippen LogP contribution in [0.2, 0.25) is 4.34 Å². The molecule has 0 spiro atoms. The Morgan fingerprint density at radius 3 is 2.45 bits per heavy atom. The number of sulfonamides is 1. The van der Waals surface area contributed by atoms with E-state index in [9.17, 15) is 18.0 Å². The van der Waals surface area contributed by atoms with Gasteiger partial charge in [-0.2, -0.15) is 0 Å². The summed E-state index contributed by atoms with van der Waals surface area (Å²) in [5.74, 6) is -0.194. The number of carbonyl (C=O) groups excluding carboxylic acids is 1. The lowest BCUT2D eigenvalue weighted by molar-refractivity contribution is 0.0786. The van der Waals surface area contributed by atoms with Crippen LogP contribution in [0, 0.1) is 0 Å². The highest BCUT2D eigenvalue weighted by Crippen LogP contribution is 2.23. The summed E-state index contributed by atoms with van der Waals surface area (Å²) in [7, 11) is -2.19. The molecule has 2 heterocycles. The molecule has 0 saturated carbocycles. The number of thiophene rings is 1. The SMILES string of the molecule is CN(Cc1ccc(Cl)s1)C(=O)c1ccc(NS(=O)(=O)c2ccc3[nH]c(=O)[nH]c3c2)cc1. The number of amides is 1. The molecule has 8 nitrogen and oxygen atoms in total. The first kappa shape index (κ1) is 21.2. The lowest BCUT2D eigenvalue weighted by Crippen LogP contribution is -2.25. The molecule has 31 heavy (non-hydrogen) atoms. The van der Waals surface area contributed by atoms with Gasteiger partial charge in [0.15, 0.2) is 0 Å². The number of nitrogens with zero attached hydrogens (tertiary/aromatic N) is 1. The van der Waals surface area contributed by atoms with Gasteiger partial charge >= 0.3 is 5.69 Å². The van der Waals surface area contributed by atoms with Crippen LogP contribution in [-0.4, -0.2) is 36.2 Å². The first-order valence-electron chi connectivity index (χ1n) is 9.06. The second-order valence-electron chi connectivity index (χ2n) is 6.84. The maximum Gasteiger partial charge on any atom is 0.323 e. The van der Waals surface area contributed by atoms with E-state index in [0.29, 0.717) is 33.2 Å². The molecule has 0 radical (unpaired) electrons. The standard InChI is InChI=1S/C20H17ClN4O4S2/c1-25(11-14-6-9-18(21)30-14)19(26)12-2-4-13(5-3-12)24-31(28,29)15-7-8-16-17(10-15)23-20(27)22-16/h2-10,24H,11H2,1H3,(H2,22,23,27). The molecule has 160 valence electrons. The molecule has 2 aromatic carbocycles. The molecule has 4 rings (SSSR count). The van der Waals surface area contributed by atoms with Crippen LogP contribution in [0.1, 0.15) is 15.2 Å². The van der Waals surface area contributed by atoms with Gasteiger partial charge in [0.2, 0.25) is 0 Å². The van der Waals surface area contributed by atoms with Crippen molar-refractivity contribution in [1.29, 1.82) is 0 Å². The van der Waals surface area contributed by atoms with Crippen molar-refractivity contribution >= 4 is 55.6 Å². The van der Waals surface area contributed by atoms with Crippen molar-refractivity contribution in [2.24, 2.45) is 0 Å². The van der Waals surface area contributed by atoms with Gasteiger partial charge in [-0.25, -0.2) is 13.2 Å². The molecular weight excluding hydrogens is 460 g/mol. The average molecular weight is 477 g/mol. The van der Waals surface area contributed by atoms with E-state index in [1.54, 1.807) is 30.1 Å². The van der Waals surface area contributed by atoms with E-state index < -0.39 is 15.7 Å². The number of carbonyl (C=O) groups is 1. The number of halogens is 1. The molecule has 2 aromatic heterocycles. The summed E-state index contributed by atoms with van der Waals surface area (Å²) >= 11 is 7.34. The van der Waals surface area contributed by atoms with Gasteiger partial charge in [-0.05, 0) is 54.6 Å². The van der Waals surface area contributed by atoms with Crippen LogP contribution in [0.25, 0.3) is 11.0 Å². The lowest BCUT2D eigenvalue weighted by atomic mass is 10.2. The molecule has 0 unspecified atom stereocenters. The van der Waals surface area contributed by atoms with E-state index in [0.717, 1.165) is 4.88 Å². The number of aromatic nitrogens is 2.